The minimum atomic E-state index is -0.938. The SMILES string of the molecule is COc1ccc(O)c(C(=O)NC2(CC(=O)O)CCCC2)c1. The molecule has 2 rings (SSSR count). The summed E-state index contributed by atoms with van der Waals surface area (Å²) in [5.74, 6) is -1.12. The van der Waals surface area contributed by atoms with Crippen molar-refractivity contribution in [2.75, 3.05) is 7.11 Å². The van der Waals surface area contributed by atoms with Crippen molar-refractivity contribution in [3.05, 3.63) is 23.8 Å². The molecule has 1 aromatic carbocycles. The van der Waals surface area contributed by atoms with Gasteiger partial charge in [0.05, 0.1) is 24.6 Å². The van der Waals surface area contributed by atoms with Gasteiger partial charge >= 0.3 is 5.97 Å². The van der Waals surface area contributed by atoms with Gasteiger partial charge in [-0.1, -0.05) is 12.8 Å². The lowest BCUT2D eigenvalue weighted by molar-refractivity contribution is -0.138. The van der Waals surface area contributed by atoms with Gasteiger partial charge in [-0.2, -0.15) is 0 Å². The fourth-order valence-electron chi connectivity index (χ4n) is 2.82. The van der Waals surface area contributed by atoms with E-state index in [4.69, 9.17) is 9.84 Å². The Balaban J connectivity index is 2.21. The molecule has 3 N–H and O–H groups in total. The van der Waals surface area contributed by atoms with Gasteiger partial charge in [0, 0.05) is 0 Å². The molecule has 0 aromatic heterocycles. The number of carboxylic acids is 1. The Morgan fingerprint density at radius 1 is 1.33 bits per heavy atom. The second kappa shape index (κ2) is 6.03. The van der Waals surface area contributed by atoms with Gasteiger partial charge in [-0.3, -0.25) is 9.59 Å². The zero-order chi connectivity index (χ0) is 15.5. The maximum atomic E-state index is 12.4. The summed E-state index contributed by atoms with van der Waals surface area (Å²) in [6, 6.07) is 4.37. The van der Waals surface area contributed by atoms with Gasteiger partial charge < -0.3 is 20.3 Å². The van der Waals surface area contributed by atoms with Gasteiger partial charge in [0.15, 0.2) is 0 Å². The predicted molar refractivity (Wildman–Crippen MR) is 75.6 cm³/mol. The summed E-state index contributed by atoms with van der Waals surface area (Å²) in [6.45, 7) is 0. The summed E-state index contributed by atoms with van der Waals surface area (Å²) in [7, 11) is 1.47. The number of amides is 1. The highest BCUT2D eigenvalue weighted by molar-refractivity contribution is 5.98. The zero-order valence-corrected chi connectivity index (χ0v) is 11.9. The van der Waals surface area contributed by atoms with Gasteiger partial charge in [-0.15, -0.1) is 0 Å². The maximum absolute atomic E-state index is 12.4. The Labute approximate surface area is 122 Å². The minimum absolute atomic E-state index is 0.0889. The summed E-state index contributed by atoms with van der Waals surface area (Å²) in [4.78, 5) is 23.4. The van der Waals surface area contributed by atoms with Crippen molar-refractivity contribution in [2.45, 2.75) is 37.6 Å². The Bertz CT molecular complexity index is 549. The van der Waals surface area contributed by atoms with E-state index in [1.807, 2.05) is 0 Å². The first-order chi connectivity index (χ1) is 9.96. The highest BCUT2D eigenvalue weighted by atomic mass is 16.5. The largest absolute Gasteiger partial charge is 0.507 e. The molecular formula is C15H19NO5. The lowest BCUT2D eigenvalue weighted by Crippen LogP contribution is -2.47. The van der Waals surface area contributed by atoms with Crippen LogP contribution in [0.4, 0.5) is 0 Å². The molecule has 0 unspecified atom stereocenters. The molecule has 0 saturated heterocycles. The smallest absolute Gasteiger partial charge is 0.305 e. The van der Waals surface area contributed by atoms with Crippen LogP contribution in [0.15, 0.2) is 18.2 Å². The van der Waals surface area contributed by atoms with E-state index in [9.17, 15) is 14.7 Å². The molecule has 1 aromatic rings. The summed E-state index contributed by atoms with van der Waals surface area (Å²) in [6.07, 6.45) is 2.93. The number of hydrogen-bond donors (Lipinski definition) is 3. The summed E-state index contributed by atoms with van der Waals surface area (Å²) >= 11 is 0. The molecule has 6 heteroatoms. The molecule has 1 saturated carbocycles. The van der Waals surface area contributed by atoms with Crippen LogP contribution in [0.25, 0.3) is 0 Å². The molecule has 0 radical (unpaired) electrons. The molecule has 0 spiro atoms. The fourth-order valence-corrected chi connectivity index (χ4v) is 2.82. The fraction of sp³-hybridized carbons (Fsp3) is 0.467. The third-order valence-electron chi connectivity index (χ3n) is 3.88. The van der Waals surface area contributed by atoms with Crippen molar-refractivity contribution in [3.8, 4) is 11.5 Å². The van der Waals surface area contributed by atoms with Crippen LogP contribution in [-0.4, -0.2) is 34.7 Å². The van der Waals surface area contributed by atoms with Crippen LogP contribution in [0.1, 0.15) is 42.5 Å². The van der Waals surface area contributed by atoms with Crippen molar-refractivity contribution >= 4 is 11.9 Å². The van der Waals surface area contributed by atoms with E-state index >= 15 is 0 Å². The van der Waals surface area contributed by atoms with Crippen LogP contribution < -0.4 is 10.1 Å². The number of ether oxygens (including phenoxy) is 1. The van der Waals surface area contributed by atoms with Crippen LogP contribution >= 0.6 is 0 Å². The van der Waals surface area contributed by atoms with Crippen LogP contribution in [0, 0.1) is 0 Å². The summed E-state index contributed by atoms with van der Waals surface area (Å²) in [5.41, 5.74) is -0.635. The average Bonchev–Trinajstić information content (AvgIpc) is 2.86. The minimum Gasteiger partial charge on any atom is -0.507 e. The molecular weight excluding hydrogens is 274 g/mol. The third kappa shape index (κ3) is 3.45. The number of carbonyl (C=O) groups excluding carboxylic acids is 1. The molecule has 0 bridgehead atoms. The van der Waals surface area contributed by atoms with E-state index in [0.29, 0.717) is 18.6 Å². The van der Waals surface area contributed by atoms with Crippen LogP contribution in [-0.2, 0) is 4.79 Å². The second-order valence-electron chi connectivity index (χ2n) is 5.40. The van der Waals surface area contributed by atoms with E-state index < -0.39 is 17.4 Å². The number of rotatable bonds is 5. The molecule has 0 aliphatic heterocycles. The van der Waals surface area contributed by atoms with Gasteiger partial charge in [-0.25, -0.2) is 0 Å². The van der Waals surface area contributed by atoms with Crippen molar-refractivity contribution in [2.24, 2.45) is 0 Å². The first-order valence-corrected chi connectivity index (χ1v) is 6.87. The predicted octanol–water partition coefficient (Wildman–Crippen LogP) is 1.92. The number of phenols is 1. The highest BCUT2D eigenvalue weighted by Crippen LogP contribution is 2.33. The first kappa shape index (κ1) is 15.2. The van der Waals surface area contributed by atoms with Crippen LogP contribution in [0.2, 0.25) is 0 Å². The molecule has 1 aliphatic carbocycles. The van der Waals surface area contributed by atoms with E-state index in [1.165, 1.54) is 19.2 Å². The van der Waals surface area contributed by atoms with Crippen LogP contribution in [0.3, 0.4) is 0 Å². The number of carboxylic acid groups (broad SMARTS) is 1. The van der Waals surface area contributed by atoms with Gasteiger partial charge in [0.1, 0.15) is 11.5 Å². The van der Waals surface area contributed by atoms with Crippen LogP contribution in [0.5, 0.6) is 11.5 Å². The number of hydrogen-bond acceptors (Lipinski definition) is 4. The molecule has 1 aliphatic rings. The molecule has 0 atom stereocenters. The standard InChI is InChI=1S/C15H19NO5/c1-21-10-4-5-12(17)11(8-10)14(20)16-15(9-13(18)19)6-2-3-7-15/h4-5,8,17H,2-3,6-7,9H2,1H3,(H,16,20)(H,18,19). The number of aliphatic carboxylic acids is 1. The quantitative estimate of drug-likeness (QED) is 0.770. The maximum Gasteiger partial charge on any atom is 0.305 e. The summed E-state index contributed by atoms with van der Waals surface area (Å²) < 4.78 is 5.03. The normalized spacial score (nSPS) is 16.4. The first-order valence-electron chi connectivity index (χ1n) is 6.87. The van der Waals surface area contributed by atoms with Gasteiger partial charge in [0.25, 0.3) is 5.91 Å². The Kier molecular flexibility index (Phi) is 4.35. The second-order valence-corrected chi connectivity index (χ2v) is 5.40. The topological polar surface area (TPSA) is 95.9 Å². The van der Waals surface area contributed by atoms with E-state index in [2.05, 4.69) is 5.32 Å². The molecule has 1 fully saturated rings. The molecule has 114 valence electrons. The number of nitrogens with one attached hydrogen (secondary N) is 1. The number of methoxy groups -OCH3 is 1. The zero-order valence-electron chi connectivity index (χ0n) is 11.9. The highest BCUT2D eigenvalue weighted by Gasteiger charge is 2.38. The molecule has 6 nitrogen and oxygen atoms in total. The lowest BCUT2D eigenvalue weighted by Gasteiger charge is -2.28. The van der Waals surface area contributed by atoms with Crippen molar-refractivity contribution in [1.29, 1.82) is 0 Å². The molecule has 0 heterocycles. The Morgan fingerprint density at radius 2 is 2.00 bits per heavy atom. The molecule has 21 heavy (non-hydrogen) atoms. The monoisotopic (exact) mass is 293 g/mol. The van der Waals surface area contributed by atoms with E-state index in [0.717, 1.165) is 12.8 Å². The third-order valence-corrected chi connectivity index (χ3v) is 3.88. The van der Waals surface area contributed by atoms with Crippen molar-refractivity contribution in [3.63, 3.8) is 0 Å². The summed E-state index contributed by atoms with van der Waals surface area (Å²) in [5, 5.41) is 21.6. The number of benzene rings is 1. The number of carbonyl (C=O) groups is 2. The Hall–Kier alpha value is -2.24. The lowest BCUT2D eigenvalue weighted by atomic mass is 9.92. The molecule has 1 amide bonds. The van der Waals surface area contributed by atoms with E-state index in [1.54, 1.807) is 6.07 Å². The van der Waals surface area contributed by atoms with Crippen molar-refractivity contribution < 1.29 is 24.5 Å². The number of phenolic OH excluding ortho intramolecular Hbond substituents is 1. The van der Waals surface area contributed by atoms with Gasteiger partial charge in [0.2, 0.25) is 0 Å². The average molecular weight is 293 g/mol. The van der Waals surface area contributed by atoms with Crippen molar-refractivity contribution in [1.82, 2.24) is 5.32 Å². The number of aromatic hydroxyl groups is 1. The van der Waals surface area contributed by atoms with E-state index in [-0.39, 0.29) is 17.7 Å². The Morgan fingerprint density at radius 3 is 2.57 bits per heavy atom. The van der Waals surface area contributed by atoms with Gasteiger partial charge in [-0.05, 0) is 31.0 Å².